The van der Waals surface area contributed by atoms with Crippen LogP contribution in [0.4, 0.5) is 5.69 Å². The van der Waals surface area contributed by atoms with Gasteiger partial charge in [-0.15, -0.1) is 0 Å². The SMILES string of the molecule is COc1cc2c(cc1OC)CN([C@H]1CC(=O)N(c3cc(Cl)cc(Cl)c3)C1=O)CC2. The zero-order valence-corrected chi connectivity index (χ0v) is 17.6. The number of amides is 2. The Morgan fingerprint density at radius 1 is 0.931 bits per heavy atom. The number of benzene rings is 2. The van der Waals surface area contributed by atoms with Gasteiger partial charge in [0.05, 0.1) is 32.4 Å². The molecule has 2 aliphatic heterocycles. The highest BCUT2D eigenvalue weighted by Gasteiger charge is 2.43. The van der Waals surface area contributed by atoms with E-state index in [-0.39, 0.29) is 18.2 Å². The van der Waals surface area contributed by atoms with Gasteiger partial charge >= 0.3 is 0 Å². The molecule has 2 aromatic carbocycles. The van der Waals surface area contributed by atoms with Gasteiger partial charge in [-0.25, -0.2) is 4.90 Å². The average molecular weight is 435 g/mol. The fourth-order valence-electron chi connectivity index (χ4n) is 4.01. The number of anilines is 1. The number of carbonyl (C=O) groups excluding carboxylic acids is 2. The number of nitrogens with zero attached hydrogens (tertiary/aromatic N) is 2. The van der Waals surface area contributed by atoms with E-state index in [1.54, 1.807) is 32.4 Å². The standard InChI is InChI=1S/C21H20Cl2N2O4/c1-28-18-5-12-3-4-24(11-13(12)6-19(18)29-2)17-10-20(26)25(21(17)27)16-8-14(22)7-15(23)9-16/h5-9,17H,3-4,10-11H2,1-2H3/t17-/m0/s1. The van der Waals surface area contributed by atoms with Gasteiger partial charge < -0.3 is 9.47 Å². The van der Waals surface area contributed by atoms with Crippen molar-refractivity contribution < 1.29 is 19.1 Å². The minimum Gasteiger partial charge on any atom is -0.493 e. The number of hydrogen-bond acceptors (Lipinski definition) is 5. The van der Waals surface area contributed by atoms with Crippen molar-refractivity contribution in [1.82, 2.24) is 4.90 Å². The lowest BCUT2D eigenvalue weighted by Crippen LogP contribution is -2.44. The Morgan fingerprint density at radius 3 is 2.17 bits per heavy atom. The first-order chi connectivity index (χ1) is 13.9. The normalized spacial score (nSPS) is 19.4. The predicted molar refractivity (Wildman–Crippen MR) is 111 cm³/mol. The molecule has 0 spiro atoms. The fourth-order valence-corrected chi connectivity index (χ4v) is 4.53. The highest BCUT2D eigenvalue weighted by atomic mass is 35.5. The Bertz CT molecular complexity index is 975. The minimum atomic E-state index is -0.512. The molecule has 0 bridgehead atoms. The van der Waals surface area contributed by atoms with Gasteiger partial charge in [-0.05, 0) is 47.9 Å². The van der Waals surface area contributed by atoms with Crippen molar-refractivity contribution in [3.8, 4) is 11.5 Å². The number of methoxy groups -OCH3 is 2. The molecule has 0 aromatic heterocycles. The first kappa shape index (κ1) is 20.0. The van der Waals surface area contributed by atoms with Gasteiger partial charge in [0.15, 0.2) is 11.5 Å². The summed E-state index contributed by atoms with van der Waals surface area (Å²) in [5.74, 6) is 0.835. The van der Waals surface area contributed by atoms with Gasteiger partial charge in [0, 0.05) is 23.1 Å². The van der Waals surface area contributed by atoms with Crippen LogP contribution in [0.25, 0.3) is 0 Å². The summed E-state index contributed by atoms with van der Waals surface area (Å²) in [5.41, 5.74) is 2.64. The molecule has 2 aliphatic rings. The molecular weight excluding hydrogens is 415 g/mol. The van der Waals surface area contributed by atoms with Gasteiger partial charge in [-0.2, -0.15) is 0 Å². The smallest absolute Gasteiger partial charge is 0.251 e. The van der Waals surface area contributed by atoms with Crippen LogP contribution in [0.1, 0.15) is 17.5 Å². The average Bonchev–Trinajstić information content (AvgIpc) is 2.99. The number of halogens is 2. The van der Waals surface area contributed by atoms with E-state index in [0.717, 1.165) is 17.5 Å². The second kappa shape index (κ2) is 7.86. The first-order valence-corrected chi connectivity index (χ1v) is 9.97. The van der Waals surface area contributed by atoms with E-state index in [0.29, 0.717) is 40.3 Å². The largest absolute Gasteiger partial charge is 0.493 e. The number of carbonyl (C=O) groups is 2. The van der Waals surface area contributed by atoms with Crippen LogP contribution in [0.15, 0.2) is 30.3 Å². The lowest BCUT2D eigenvalue weighted by Gasteiger charge is -2.32. The monoisotopic (exact) mass is 434 g/mol. The Balaban J connectivity index is 1.59. The zero-order chi connectivity index (χ0) is 20.7. The molecule has 6 nitrogen and oxygen atoms in total. The van der Waals surface area contributed by atoms with E-state index in [1.165, 1.54) is 4.90 Å². The topological polar surface area (TPSA) is 59.1 Å². The van der Waals surface area contributed by atoms with E-state index in [2.05, 4.69) is 0 Å². The summed E-state index contributed by atoms with van der Waals surface area (Å²) in [5, 5.41) is 0.758. The second-order valence-electron chi connectivity index (χ2n) is 7.11. The van der Waals surface area contributed by atoms with Crippen LogP contribution in [0.2, 0.25) is 10.0 Å². The van der Waals surface area contributed by atoms with Gasteiger partial charge in [0.2, 0.25) is 5.91 Å². The van der Waals surface area contributed by atoms with Crippen LogP contribution in [-0.2, 0) is 22.6 Å². The molecule has 8 heteroatoms. The molecule has 2 aromatic rings. The number of rotatable bonds is 4. The van der Waals surface area contributed by atoms with E-state index >= 15 is 0 Å². The molecule has 2 amide bonds. The van der Waals surface area contributed by atoms with Gasteiger partial charge in [0.1, 0.15) is 0 Å². The molecule has 152 valence electrons. The third kappa shape index (κ3) is 3.68. The molecule has 0 aliphatic carbocycles. The maximum absolute atomic E-state index is 13.1. The molecule has 1 fully saturated rings. The fraction of sp³-hybridized carbons (Fsp3) is 0.333. The number of hydrogen-bond donors (Lipinski definition) is 0. The maximum Gasteiger partial charge on any atom is 0.251 e. The van der Waals surface area contributed by atoms with E-state index in [1.807, 2.05) is 17.0 Å². The molecule has 4 rings (SSSR count). The van der Waals surface area contributed by atoms with E-state index < -0.39 is 6.04 Å². The van der Waals surface area contributed by atoms with E-state index in [9.17, 15) is 9.59 Å². The summed E-state index contributed by atoms with van der Waals surface area (Å²) < 4.78 is 10.8. The van der Waals surface area contributed by atoms with Gasteiger partial charge in [-0.3, -0.25) is 14.5 Å². The van der Waals surface area contributed by atoms with Gasteiger partial charge in [0.25, 0.3) is 5.91 Å². The lowest BCUT2D eigenvalue weighted by molar-refractivity contribution is -0.123. The third-order valence-electron chi connectivity index (χ3n) is 5.42. The lowest BCUT2D eigenvalue weighted by atomic mass is 9.97. The number of fused-ring (bicyclic) bond motifs is 1. The molecule has 2 heterocycles. The summed E-state index contributed by atoms with van der Waals surface area (Å²) in [6.45, 7) is 1.24. The number of ether oxygens (including phenoxy) is 2. The van der Waals surface area contributed by atoms with Gasteiger partial charge in [-0.1, -0.05) is 23.2 Å². The van der Waals surface area contributed by atoms with Crippen molar-refractivity contribution in [3.05, 3.63) is 51.5 Å². The Kier molecular flexibility index (Phi) is 5.42. The molecule has 0 saturated carbocycles. The Hall–Kier alpha value is -2.28. The highest BCUT2D eigenvalue weighted by molar-refractivity contribution is 6.35. The zero-order valence-electron chi connectivity index (χ0n) is 16.1. The molecule has 1 atom stereocenters. The summed E-state index contributed by atoms with van der Waals surface area (Å²) in [4.78, 5) is 29.0. The van der Waals surface area contributed by atoms with Crippen molar-refractivity contribution in [2.24, 2.45) is 0 Å². The summed E-state index contributed by atoms with van der Waals surface area (Å²) in [6.07, 6.45) is 0.891. The molecular formula is C21H20Cl2N2O4. The van der Waals surface area contributed by atoms with Crippen LogP contribution < -0.4 is 14.4 Å². The summed E-state index contributed by atoms with van der Waals surface area (Å²) in [7, 11) is 3.21. The molecule has 29 heavy (non-hydrogen) atoms. The van der Waals surface area contributed by atoms with Crippen LogP contribution in [-0.4, -0.2) is 43.5 Å². The van der Waals surface area contributed by atoms with E-state index in [4.69, 9.17) is 32.7 Å². The molecule has 1 saturated heterocycles. The number of imide groups is 1. The van der Waals surface area contributed by atoms with Crippen LogP contribution in [0.5, 0.6) is 11.5 Å². The summed E-state index contributed by atoms with van der Waals surface area (Å²) in [6, 6.07) is 8.13. The molecule has 0 unspecified atom stereocenters. The van der Waals surface area contributed by atoms with Crippen LogP contribution in [0.3, 0.4) is 0 Å². The third-order valence-corrected chi connectivity index (χ3v) is 5.85. The van der Waals surface area contributed by atoms with Crippen molar-refractivity contribution in [2.75, 3.05) is 25.7 Å². The first-order valence-electron chi connectivity index (χ1n) is 9.22. The maximum atomic E-state index is 13.1. The van der Waals surface area contributed by atoms with Crippen LogP contribution >= 0.6 is 23.2 Å². The van der Waals surface area contributed by atoms with Crippen molar-refractivity contribution in [3.63, 3.8) is 0 Å². The second-order valence-corrected chi connectivity index (χ2v) is 7.98. The van der Waals surface area contributed by atoms with Crippen LogP contribution in [0, 0.1) is 0 Å². The quantitative estimate of drug-likeness (QED) is 0.686. The van der Waals surface area contributed by atoms with Crippen molar-refractivity contribution in [2.45, 2.75) is 25.4 Å². The Labute approximate surface area is 178 Å². The molecule has 0 radical (unpaired) electrons. The summed E-state index contributed by atoms with van der Waals surface area (Å²) >= 11 is 12.1. The Morgan fingerprint density at radius 2 is 1.55 bits per heavy atom. The highest BCUT2D eigenvalue weighted by Crippen LogP contribution is 2.36. The predicted octanol–water partition coefficient (Wildman–Crippen LogP) is 3.70. The van der Waals surface area contributed by atoms with Crippen molar-refractivity contribution >= 4 is 40.7 Å². The molecule has 0 N–H and O–H groups in total. The minimum absolute atomic E-state index is 0.131. The van der Waals surface area contributed by atoms with Crippen molar-refractivity contribution in [1.29, 1.82) is 0 Å².